The van der Waals surface area contributed by atoms with Crippen LogP contribution in [0.2, 0.25) is 10.0 Å². The number of carbonyl (C=O) groups is 1. The summed E-state index contributed by atoms with van der Waals surface area (Å²) in [7, 11) is 0. The lowest BCUT2D eigenvalue weighted by Gasteiger charge is -2.04. The first-order chi connectivity index (χ1) is 8.95. The van der Waals surface area contributed by atoms with Crippen molar-refractivity contribution in [1.29, 1.82) is 0 Å². The molecule has 2 aromatic rings. The number of hydrogen-bond donors (Lipinski definition) is 2. The molecule has 0 saturated carbocycles. The number of carbonyl (C=O) groups excluding carboxylic acids is 1. The monoisotopic (exact) mass is 299 g/mol. The van der Waals surface area contributed by atoms with E-state index in [0.29, 0.717) is 27.4 Å². The molecule has 1 aromatic heterocycles. The summed E-state index contributed by atoms with van der Waals surface area (Å²) >= 11 is 11.8. The molecule has 3 N–H and O–H groups in total. The highest BCUT2D eigenvalue weighted by molar-refractivity contribution is 6.34. The van der Waals surface area contributed by atoms with Crippen LogP contribution in [-0.2, 0) is 11.2 Å². The second-order valence-electron chi connectivity index (χ2n) is 3.98. The van der Waals surface area contributed by atoms with Gasteiger partial charge in [-0.1, -0.05) is 23.2 Å². The van der Waals surface area contributed by atoms with Crippen molar-refractivity contribution < 1.29 is 9.53 Å². The van der Waals surface area contributed by atoms with Crippen molar-refractivity contribution in [2.75, 3.05) is 0 Å². The fourth-order valence-electron chi connectivity index (χ4n) is 1.56. The summed E-state index contributed by atoms with van der Waals surface area (Å²) in [4.78, 5) is 10.9. The minimum atomic E-state index is -0.441. The average molecular weight is 300 g/mol. The van der Waals surface area contributed by atoms with Crippen LogP contribution in [0, 0.1) is 6.92 Å². The summed E-state index contributed by atoms with van der Waals surface area (Å²) in [6, 6.07) is 4.84. The van der Waals surface area contributed by atoms with Crippen LogP contribution in [0.3, 0.4) is 0 Å². The van der Waals surface area contributed by atoms with Gasteiger partial charge in [0.25, 0.3) is 0 Å². The fourth-order valence-corrected chi connectivity index (χ4v) is 2.07. The van der Waals surface area contributed by atoms with Gasteiger partial charge in [-0.3, -0.25) is 9.89 Å². The molecule has 5 nitrogen and oxygen atoms in total. The minimum absolute atomic E-state index is 0.0818. The van der Waals surface area contributed by atoms with Crippen LogP contribution in [-0.4, -0.2) is 16.1 Å². The molecule has 0 saturated heterocycles. The topological polar surface area (TPSA) is 81.0 Å². The van der Waals surface area contributed by atoms with Crippen LogP contribution in [0.1, 0.15) is 11.3 Å². The zero-order valence-electron chi connectivity index (χ0n) is 10.0. The number of nitrogens with one attached hydrogen (secondary N) is 1. The number of rotatable bonds is 4. The number of halogens is 2. The quantitative estimate of drug-likeness (QED) is 0.911. The molecule has 7 heteroatoms. The van der Waals surface area contributed by atoms with E-state index in [0.717, 1.165) is 5.56 Å². The SMILES string of the molecule is Cc1c(Oc2cc(Cl)cc(Cl)c2)n[nH]c1CC(N)=O. The number of benzene rings is 1. The molecule has 0 aliphatic heterocycles. The Morgan fingerprint density at radius 2 is 2.00 bits per heavy atom. The third kappa shape index (κ3) is 3.39. The molecule has 0 aliphatic carbocycles. The molecular weight excluding hydrogens is 289 g/mol. The Labute approximate surface area is 119 Å². The van der Waals surface area contributed by atoms with Crippen molar-refractivity contribution in [3.8, 4) is 11.6 Å². The van der Waals surface area contributed by atoms with E-state index in [1.807, 2.05) is 0 Å². The summed E-state index contributed by atoms with van der Waals surface area (Å²) in [5.41, 5.74) is 6.47. The number of nitrogens with two attached hydrogens (primary N) is 1. The van der Waals surface area contributed by atoms with Crippen LogP contribution >= 0.6 is 23.2 Å². The molecule has 19 heavy (non-hydrogen) atoms. The normalized spacial score (nSPS) is 10.5. The molecule has 0 atom stereocenters. The predicted octanol–water partition coefficient (Wildman–Crippen LogP) is 2.85. The first-order valence-corrected chi connectivity index (χ1v) is 6.17. The van der Waals surface area contributed by atoms with E-state index in [2.05, 4.69) is 10.2 Å². The minimum Gasteiger partial charge on any atom is -0.437 e. The summed E-state index contributed by atoms with van der Waals surface area (Å²) in [6.45, 7) is 1.78. The molecular formula is C12H11Cl2N3O2. The number of amides is 1. The molecule has 0 aliphatic rings. The number of H-pyrrole nitrogens is 1. The van der Waals surface area contributed by atoms with Crippen LogP contribution in [0.15, 0.2) is 18.2 Å². The Balaban J connectivity index is 2.23. The number of nitrogens with zero attached hydrogens (tertiary/aromatic N) is 1. The highest BCUT2D eigenvalue weighted by Crippen LogP contribution is 2.29. The standard InChI is InChI=1S/C12H11Cl2N3O2/c1-6-10(5-11(15)18)16-17-12(6)19-9-3-7(13)2-8(14)4-9/h2-4H,5H2,1H3,(H2,15,18)(H,16,17). The first kappa shape index (κ1) is 13.7. The van der Waals surface area contributed by atoms with Crippen LogP contribution in [0.25, 0.3) is 0 Å². The van der Waals surface area contributed by atoms with Gasteiger partial charge >= 0.3 is 0 Å². The van der Waals surface area contributed by atoms with Crippen LogP contribution in [0.4, 0.5) is 0 Å². The van der Waals surface area contributed by atoms with Gasteiger partial charge in [-0.25, -0.2) is 0 Å². The third-order valence-corrected chi connectivity index (χ3v) is 2.90. The smallest absolute Gasteiger partial charge is 0.241 e. The Kier molecular flexibility index (Phi) is 3.97. The molecule has 0 radical (unpaired) electrons. The van der Waals surface area contributed by atoms with E-state index >= 15 is 0 Å². The van der Waals surface area contributed by atoms with Crippen molar-refractivity contribution in [3.63, 3.8) is 0 Å². The largest absolute Gasteiger partial charge is 0.437 e. The summed E-state index contributed by atoms with van der Waals surface area (Å²) < 4.78 is 5.57. The number of aromatic nitrogens is 2. The molecule has 0 bridgehead atoms. The maximum atomic E-state index is 10.9. The molecule has 0 spiro atoms. The third-order valence-electron chi connectivity index (χ3n) is 2.47. The van der Waals surface area contributed by atoms with Crippen molar-refractivity contribution >= 4 is 29.1 Å². The van der Waals surface area contributed by atoms with Gasteiger partial charge in [0.15, 0.2) is 0 Å². The fraction of sp³-hybridized carbons (Fsp3) is 0.167. The number of primary amides is 1. The number of hydrogen-bond acceptors (Lipinski definition) is 3. The van der Waals surface area contributed by atoms with Gasteiger partial charge in [-0.15, -0.1) is 5.10 Å². The maximum Gasteiger partial charge on any atom is 0.241 e. The molecule has 2 rings (SSSR count). The summed E-state index contributed by atoms with van der Waals surface area (Å²) in [6.07, 6.45) is 0.0818. The van der Waals surface area contributed by atoms with Crippen molar-refractivity contribution in [3.05, 3.63) is 39.5 Å². The molecule has 1 amide bonds. The van der Waals surface area contributed by atoms with Gasteiger partial charge in [0.2, 0.25) is 11.8 Å². The van der Waals surface area contributed by atoms with Crippen molar-refractivity contribution in [1.82, 2.24) is 10.2 Å². The van der Waals surface area contributed by atoms with Crippen molar-refractivity contribution in [2.24, 2.45) is 5.73 Å². The molecule has 0 unspecified atom stereocenters. The highest BCUT2D eigenvalue weighted by Gasteiger charge is 2.13. The van der Waals surface area contributed by atoms with Crippen LogP contribution in [0.5, 0.6) is 11.6 Å². The van der Waals surface area contributed by atoms with E-state index in [1.165, 1.54) is 0 Å². The molecule has 1 aromatic carbocycles. The second kappa shape index (κ2) is 5.50. The van der Waals surface area contributed by atoms with Gasteiger partial charge in [0.1, 0.15) is 5.75 Å². The predicted molar refractivity (Wildman–Crippen MR) is 72.8 cm³/mol. The number of aromatic amines is 1. The molecule has 0 fully saturated rings. The Morgan fingerprint density at radius 3 is 2.58 bits per heavy atom. The second-order valence-corrected chi connectivity index (χ2v) is 4.86. The molecule has 1 heterocycles. The zero-order valence-corrected chi connectivity index (χ0v) is 11.5. The summed E-state index contributed by atoms with van der Waals surface area (Å²) in [5.74, 6) is 0.386. The van der Waals surface area contributed by atoms with E-state index in [1.54, 1.807) is 25.1 Å². The Morgan fingerprint density at radius 1 is 1.37 bits per heavy atom. The first-order valence-electron chi connectivity index (χ1n) is 5.42. The average Bonchev–Trinajstić information content (AvgIpc) is 2.59. The van der Waals surface area contributed by atoms with Gasteiger partial charge in [0, 0.05) is 15.6 Å². The van der Waals surface area contributed by atoms with Gasteiger partial charge < -0.3 is 10.5 Å². The van der Waals surface area contributed by atoms with Gasteiger partial charge in [-0.05, 0) is 25.1 Å². The maximum absolute atomic E-state index is 10.9. The Hall–Kier alpha value is -1.72. The van der Waals surface area contributed by atoms with Gasteiger partial charge in [-0.2, -0.15) is 0 Å². The van der Waals surface area contributed by atoms with Crippen LogP contribution < -0.4 is 10.5 Å². The zero-order chi connectivity index (χ0) is 14.0. The van der Waals surface area contributed by atoms with E-state index in [-0.39, 0.29) is 6.42 Å². The lowest BCUT2D eigenvalue weighted by Crippen LogP contribution is -2.14. The summed E-state index contributed by atoms with van der Waals surface area (Å²) in [5, 5.41) is 7.63. The highest BCUT2D eigenvalue weighted by atomic mass is 35.5. The lowest BCUT2D eigenvalue weighted by molar-refractivity contribution is -0.117. The van der Waals surface area contributed by atoms with E-state index in [4.69, 9.17) is 33.7 Å². The van der Waals surface area contributed by atoms with E-state index < -0.39 is 5.91 Å². The van der Waals surface area contributed by atoms with E-state index in [9.17, 15) is 4.79 Å². The lowest BCUT2D eigenvalue weighted by atomic mass is 10.2. The van der Waals surface area contributed by atoms with Crippen molar-refractivity contribution in [2.45, 2.75) is 13.3 Å². The molecule has 100 valence electrons. The van der Waals surface area contributed by atoms with Gasteiger partial charge in [0.05, 0.1) is 12.1 Å². The number of ether oxygens (including phenoxy) is 1. The Bertz CT molecular complexity index is 605.